The zero-order chi connectivity index (χ0) is 30.2. The molecule has 0 N–H and O–H groups in total. The van der Waals surface area contributed by atoms with Crippen molar-refractivity contribution in [1.29, 1.82) is 0 Å². The second-order valence-corrected chi connectivity index (χ2v) is 12.0. The van der Waals surface area contributed by atoms with E-state index in [1.165, 1.54) is 0 Å². The average Bonchev–Trinajstić information content (AvgIpc) is 2.92. The van der Waals surface area contributed by atoms with E-state index in [9.17, 15) is 30.7 Å². The number of alkyl halides is 5. The summed E-state index contributed by atoms with van der Waals surface area (Å²) < 4.78 is 127. The minimum absolute atomic E-state index is 0.0570. The van der Waals surface area contributed by atoms with Crippen LogP contribution in [-0.4, -0.2) is 25.6 Å². The molecule has 2 aromatic rings. The van der Waals surface area contributed by atoms with Gasteiger partial charge < -0.3 is 14.2 Å². The van der Waals surface area contributed by atoms with Crippen LogP contribution in [0.5, 0.6) is 5.75 Å². The number of ether oxygens (including phenoxy) is 3. The summed E-state index contributed by atoms with van der Waals surface area (Å²) in [5.41, 5.74) is -0.795. The molecule has 1 heterocycles. The molecule has 0 unspecified atom stereocenters. The smallest absolute Gasteiger partial charge is 0.422 e. The third-order valence-corrected chi connectivity index (χ3v) is 8.94. The fraction of sp³-hybridized carbons (Fsp3) is 0.613. The molecular formula is C31H34F8O3. The number of hydrogen-bond acceptors (Lipinski definition) is 3. The van der Waals surface area contributed by atoms with E-state index in [0.717, 1.165) is 31.2 Å². The van der Waals surface area contributed by atoms with Crippen molar-refractivity contribution >= 4 is 0 Å². The maximum Gasteiger partial charge on any atom is 0.422 e. The largest absolute Gasteiger partial charge is 0.432 e. The predicted octanol–water partition coefficient (Wildman–Crippen LogP) is 9.35. The van der Waals surface area contributed by atoms with Crippen molar-refractivity contribution in [2.75, 3.05) is 13.2 Å². The van der Waals surface area contributed by atoms with Crippen LogP contribution in [0.25, 0.3) is 0 Å². The van der Waals surface area contributed by atoms with E-state index in [1.54, 1.807) is 12.1 Å². The van der Waals surface area contributed by atoms with Crippen molar-refractivity contribution in [2.45, 2.75) is 88.7 Å². The lowest BCUT2D eigenvalue weighted by Crippen LogP contribution is -2.37. The van der Waals surface area contributed by atoms with E-state index in [1.807, 2.05) is 6.07 Å². The van der Waals surface area contributed by atoms with Gasteiger partial charge in [-0.3, -0.25) is 0 Å². The average molecular weight is 607 g/mol. The zero-order valence-electron chi connectivity index (χ0n) is 23.2. The van der Waals surface area contributed by atoms with E-state index < -0.39 is 41.2 Å². The molecule has 42 heavy (non-hydrogen) atoms. The van der Waals surface area contributed by atoms with Gasteiger partial charge in [0.15, 0.2) is 6.29 Å². The van der Waals surface area contributed by atoms with Crippen LogP contribution in [0.3, 0.4) is 0 Å². The van der Waals surface area contributed by atoms with Gasteiger partial charge >= 0.3 is 12.3 Å². The van der Waals surface area contributed by atoms with Crippen molar-refractivity contribution in [2.24, 2.45) is 17.8 Å². The van der Waals surface area contributed by atoms with E-state index in [-0.39, 0.29) is 61.8 Å². The predicted molar refractivity (Wildman–Crippen MR) is 138 cm³/mol. The molecule has 232 valence electrons. The van der Waals surface area contributed by atoms with Crippen LogP contribution in [0, 0.1) is 35.2 Å². The highest BCUT2D eigenvalue weighted by atomic mass is 19.4. The molecule has 3 fully saturated rings. The molecule has 0 bridgehead atoms. The van der Waals surface area contributed by atoms with Gasteiger partial charge in [0.25, 0.3) is 0 Å². The highest BCUT2D eigenvalue weighted by Crippen LogP contribution is 2.45. The molecule has 3 aliphatic rings. The Bertz CT molecular complexity index is 1200. The molecule has 0 atom stereocenters. The summed E-state index contributed by atoms with van der Waals surface area (Å²) in [6.45, 7) is 3.48. The Morgan fingerprint density at radius 2 is 1.29 bits per heavy atom. The summed E-state index contributed by atoms with van der Waals surface area (Å²) >= 11 is 0. The molecule has 2 aliphatic carbocycles. The van der Waals surface area contributed by atoms with Gasteiger partial charge in [-0.2, -0.15) is 22.0 Å². The lowest BCUT2D eigenvalue weighted by Gasteiger charge is -2.37. The summed E-state index contributed by atoms with van der Waals surface area (Å²) in [7, 11) is 0. The lowest BCUT2D eigenvalue weighted by atomic mass is 9.76. The number of benzene rings is 2. The summed E-state index contributed by atoms with van der Waals surface area (Å²) in [6, 6.07) is 5.40. The second kappa shape index (κ2) is 12.3. The molecule has 0 radical (unpaired) electrons. The quantitative estimate of drug-likeness (QED) is 0.307. The van der Waals surface area contributed by atoms with Crippen LogP contribution < -0.4 is 4.74 Å². The molecular weight excluding hydrogens is 572 g/mol. The van der Waals surface area contributed by atoms with Gasteiger partial charge in [0, 0.05) is 24.0 Å². The van der Waals surface area contributed by atoms with Crippen LogP contribution in [-0.2, 0) is 15.7 Å². The molecule has 0 aromatic heterocycles. The highest BCUT2D eigenvalue weighted by Gasteiger charge is 2.45. The van der Waals surface area contributed by atoms with E-state index >= 15 is 4.39 Å². The SMILES string of the molecule is CC1COC(C2CCC(c3ccc(C4CCC(C(F)(F)Oc5cc(F)c(C(F)(F)F)c(F)c5)CC4)c(F)c3)CC2)OC1. The van der Waals surface area contributed by atoms with Crippen LogP contribution in [0.4, 0.5) is 35.1 Å². The first kappa shape index (κ1) is 31.0. The highest BCUT2D eigenvalue weighted by molar-refractivity contribution is 5.33. The van der Waals surface area contributed by atoms with Gasteiger partial charge in [0.1, 0.15) is 28.8 Å². The molecule has 11 heteroatoms. The Kier molecular flexibility index (Phi) is 9.09. The Hall–Kier alpha value is -2.40. The number of rotatable bonds is 6. The normalized spacial score (nSPS) is 29.4. The minimum atomic E-state index is -5.32. The molecule has 2 aromatic carbocycles. The first-order valence-electron chi connectivity index (χ1n) is 14.5. The summed E-state index contributed by atoms with van der Waals surface area (Å²) in [5, 5.41) is 0. The van der Waals surface area contributed by atoms with Crippen molar-refractivity contribution in [3.05, 3.63) is 64.5 Å². The number of hydrogen-bond donors (Lipinski definition) is 0. The van der Waals surface area contributed by atoms with Gasteiger partial charge in [-0.15, -0.1) is 0 Å². The first-order chi connectivity index (χ1) is 19.8. The molecule has 2 saturated carbocycles. The fourth-order valence-corrected chi connectivity index (χ4v) is 6.60. The maximum atomic E-state index is 15.2. The fourth-order valence-electron chi connectivity index (χ4n) is 6.60. The summed E-state index contributed by atoms with van der Waals surface area (Å²) in [6.07, 6.45) is -5.36. The van der Waals surface area contributed by atoms with Gasteiger partial charge in [-0.05, 0) is 80.4 Å². The zero-order valence-corrected chi connectivity index (χ0v) is 23.2. The third-order valence-electron chi connectivity index (χ3n) is 8.94. The van der Waals surface area contributed by atoms with E-state index in [4.69, 9.17) is 9.47 Å². The van der Waals surface area contributed by atoms with E-state index in [0.29, 0.717) is 30.6 Å². The topological polar surface area (TPSA) is 27.7 Å². The molecule has 3 nitrogen and oxygen atoms in total. The Labute approximate surface area is 239 Å². The third kappa shape index (κ3) is 6.87. The Morgan fingerprint density at radius 1 is 0.714 bits per heavy atom. The summed E-state index contributed by atoms with van der Waals surface area (Å²) in [4.78, 5) is 0. The van der Waals surface area contributed by atoms with Crippen molar-refractivity contribution in [3.63, 3.8) is 0 Å². The molecule has 5 rings (SSSR count). The Morgan fingerprint density at radius 3 is 1.83 bits per heavy atom. The van der Waals surface area contributed by atoms with Crippen LogP contribution in [0.1, 0.15) is 86.8 Å². The van der Waals surface area contributed by atoms with Crippen molar-refractivity contribution < 1.29 is 49.3 Å². The number of halogens is 8. The maximum absolute atomic E-state index is 15.2. The van der Waals surface area contributed by atoms with E-state index in [2.05, 4.69) is 11.7 Å². The molecule has 1 aliphatic heterocycles. The molecule has 0 spiro atoms. The van der Waals surface area contributed by atoms with Crippen LogP contribution >= 0.6 is 0 Å². The summed E-state index contributed by atoms with van der Waals surface area (Å²) in [5.74, 6) is -6.17. The minimum Gasteiger partial charge on any atom is -0.432 e. The van der Waals surface area contributed by atoms with Gasteiger partial charge in [0.05, 0.1) is 19.1 Å². The monoisotopic (exact) mass is 606 g/mol. The van der Waals surface area contributed by atoms with Crippen LogP contribution in [0.2, 0.25) is 0 Å². The Balaban J connectivity index is 1.15. The lowest BCUT2D eigenvalue weighted by molar-refractivity contribution is -0.226. The second-order valence-electron chi connectivity index (χ2n) is 12.0. The standard InChI is InChI=1S/C31H34F8O3/c1-17-15-40-29(41-16-17)20-4-2-18(3-5-20)21-8-11-24(25(32)12-21)19-6-9-22(10-7-19)31(38,39)42-23-13-26(33)28(27(34)14-23)30(35,36)37/h8,11-14,17-20,22,29H,2-7,9-10,15-16H2,1H3. The van der Waals surface area contributed by atoms with Crippen LogP contribution in [0.15, 0.2) is 30.3 Å². The molecule has 0 amide bonds. The van der Waals surface area contributed by atoms with Crippen molar-refractivity contribution in [3.8, 4) is 5.75 Å². The van der Waals surface area contributed by atoms with Gasteiger partial charge in [0.2, 0.25) is 0 Å². The molecule has 1 saturated heterocycles. The first-order valence-corrected chi connectivity index (χ1v) is 14.5. The van der Waals surface area contributed by atoms with Crippen molar-refractivity contribution in [1.82, 2.24) is 0 Å². The van der Waals surface area contributed by atoms with Gasteiger partial charge in [-0.25, -0.2) is 13.2 Å². The van der Waals surface area contributed by atoms with Gasteiger partial charge in [-0.1, -0.05) is 19.1 Å².